The van der Waals surface area contributed by atoms with Crippen molar-refractivity contribution >= 4 is 39.7 Å². The third-order valence-corrected chi connectivity index (χ3v) is 7.79. The molecule has 3 aliphatic rings. The predicted molar refractivity (Wildman–Crippen MR) is 134 cm³/mol. The molecule has 0 bridgehead atoms. The molecule has 0 saturated carbocycles. The normalized spacial score (nSPS) is 23.8. The van der Waals surface area contributed by atoms with Crippen LogP contribution >= 0.6 is 11.3 Å². The average Bonchev–Trinajstić information content (AvgIpc) is 3.60. The van der Waals surface area contributed by atoms with E-state index in [0.717, 1.165) is 22.2 Å². The van der Waals surface area contributed by atoms with Crippen LogP contribution in [0.25, 0.3) is 10.2 Å². The Balaban J connectivity index is 1.24. The van der Waals surface area contributed by atoms with Crippen LogP contribution in [0.2, 0.25) is 0 Å². The smallest absolute Gasteiger partial charge is 0.268 e. The summed E-state index contributed by atoms with van der Waals surface area (Å²) >= 11 is 1.61. The molecule has 3 aromatic rings. The van der Waals surface area contributed by atoms with Crippen molar-refractivity contribution in [3.05, 3.63) is 83.0 Å². The van der Waals surface area contributed by atoms with E-state index in [2.05, 4.69) is 27.4 Å². The first-order valence-electron chi connectivity index (χ1n) is 11.5. The van der Waals surface area contributed by atoms with Gasteiger partial charge in [0.15, 0.2) is 0 Å². The fraction of sp³-hybridized carbons (Fsp3) is 0.269. The molecule has 6 rings (SSSR count). The van der Waals surface area contributed by atoms with Gasteiger partial charge in [0.25, 0.3) is 11.8 Å². The van der Waals surface area contributed by atoms with E-state index in [1.54, 1.807) is 17.7 Å². The topological polar surface area (TPSA) is 80.8 Å². The Morgan fingerprint density at radius 2 is 2.06 bits per heavy atom. The van der Waals surface area contributed by atoms with Gasteiger partial charge in [0.1, 0.15) is 5.69 Å². The molecule has 1 fully saturated rings. The number of aromatic amines is 1. The maximum atomic E-state index is 13.5. The first-order valence-corrected chi connectivity index (χ1v) is 12.4. The van der Waals surface area contributed by atoms with Gasteiger partial charge in [-0.05, 0) is 41.6 Å². The van der Waals surface area contributed by atoms with E-state index in [1.807, 2.05) is 63.9 Å². The largest absolute Gasteiger partial charge is 0.350 e. The summed E-state index contributed by atoms with van der Waals surface area (Å²) in [5, 5.41) is 5.25. The first-order chi connectivity index (χ1) is 16.7. The Hall–Kier alpha value is -3.65. The minimum absolute atomic E-state index is 0.0241. The summed E-state index contributed by atoms with van der Waals surface area (Å²) in [7, 11) is 0. The number of carbonyl (C=O) groups is 2. The Bertz CT molecular complexity index is 1290. The number of allylic oxidation sites excluding steroid dienone is 2. The second-order valence-electron chi connectivity index (χ2n) is 8.93. The maximum absolute atomic E-state index is 13.5. The number of nitrogens with zero attached hydrogens (tertiary/aromatic N) is 3. The molecule has 1 aromatic carbocycles. The van der Waals surface area contributed by atoms with Gasteiger partial charge in [-0.2, -0.15) is 0 Å². The lowest BCUT2D eigenvalue weighted by Crippen LogP contribution is -2.54. The molecule has 3 atom stereocenters. The number of nitrogens with one attached hydrogen (secondary N) is 2. The van der Waals surface area contributed by atoms with Crippen LogP contribution in [0.15, 0.2) is 76.8 Å². The highest BCUT2D eigenvalue weighted by atomic mass is 32.1. The quantitative estimate of drug-likeness (QED) is 0.611. The number of thiophene rings is 1. The Kier molecular flexibility index (Phi) is 5.30. The highest BCUT2D eigenvalue weighted by Crippen LogP contribution is 2.31. The fourth-order valence-corrected chi connectivity index (χ4v) is 5.95. The van der Waals surface area contributed by atoms with E-state index in [4.69, 9.17) is 0 Å². The second kappa shape index (κ2) is 8.61. The van der Waals surface area contributed by atoms with Crippen LogP contribution in [0.5, 0.6) is 0 Å². The molecular weight excluding hydrogens is 446 g/mol. The first kappa shape index (κ1) is 20.9. The zero-order valence-corrected chi connectivity index (χ0v) is 19.4. The third kappa shape index (κ3) is 3.74. The van der Waals surface area contributed by atoms with Crippen LogP contribution in [0, 0.1) is 0 Å². The number of piperidine rings is 1. The zero-order chi connectivity index (χ0) is 23.1. The van der Waals surface area contributed by atoms with E-state index in [1.165, 1.54) is 5.56 Å². The van der Waals surface area contributed by atoms with Crippen molar-refractivity contribution in [1.82, 2.24) is 20.1 Å². The number of amides is 2. The van der Waals surface area contributed by atoms with Crippen molar-refractivity contribution in [1.29, 1.82) is 0 Å². The summed E-state index contributed by atoms with van der Waals surface area (Å²) < 4.78 is 1.06. The molecule has 2 N–H and O–H groups in total. The van der Waals surface area contributed by atoms with Gasteiger partial charge in [0, 0.05) is 30.8 Å². The van der Waals surface area contributed by atoms with E-state index in [-0.39, 0.29) is 29.8 Å². The number of rotatable bonds is 4. The minimum atomic E-state index is -0.190. The number of benzene rings is 1. The van der Waals surface area contributed by atoms with E-state index >= 15 is 0 Å². The van der Waals surface area contributed by atoms with Crippen molar-refractivity contribution in [2.75, 3.05) is 19.6 Å². The SMILES string of the molecule is O=C(N[C@@H]1CN(C(=O)C2=CC=CN3C=NCC23)CC[C@H]1c1ccccc1)c1cc2sccc2[nH]1. The van der Waals surface area contributed by atoms with Crippen LogP contribution in [0.4, 0.5) is 0 Å². The Morgan fingerprint density at radius 3 is 2.91 bits per heavy atom. The summed E-state index contributed by atoms with van der Waals surface area (Å²) in [6.45, 7) is 1.71. The standard InChI is InChI=1S/C26H25N5O2S/c32-25(21-13-24-20(28-21)9-12-34-24)29-22-15-30(11-8-18(22)17-5-2-1-3-6-17)26(33)19-7-4-10-31-16-27-14-23(19)31/h1-7,9-10,12-13,16,18,22-23,28H,8,11,14-15H2,(H,29,32)/t18-,22+,23?/m0/s1. The number of carbonyl (C=O) groups excluding carboxylic acids is 2. The van der Waals surface area contributed by atoms with Crippen molar-refractivity contribution < 1.29 is 9.59 Å². The Labute approximate surface area is 201 Å². The minimum Gasteiger partial charge on any atom is -0.350 e. The van der Waals surface area contributed by atoms with Gasteiger partial charge in [-0.25, -0.2) is 0 Å². The van der Waals surface area contributed by atoms with Crippen LogP contribution in [0.1, 0.15) is 28.4 Å². The fourth-order valence-electron chi connectivity index (χ4n) is 5.17. The van der Waals surface area contributed by atoms with Gasteiger partial charge in [-0.1, -0.05) is 30.3 Å². The van der Waals surface area contributed by atoms with Crippen LogP contribution in [-0.4, -0.2) is 64.7 Å². The van der Waals surface area contributed by atoms with Gasteiger partial charge < -0.3 is 20.1 Å². The molecule has 0 spiro atoms. The highest BCUT2D eigenvalue weighted by molar-refractivity contribution is 7.17. The number of likely N-dealkylation sites (tertiary alicyclic amines) is 1. The van der Waals surface area contributed by atoms with Crippen molar-refractivity contribution in [3.8, 4) is 0 Å². The second-order valence-corrected chi connectivity index (χ2v) is 9.87. The number of H-pyrrole nitrogens is 1. The van der Waals surface area contributed by atoms with Gasteiger partial charge in [0.2, 0.25) is 0 Å². The number of hydrogen-bond donors (Lipinski definition) is 2. The molecule has 34 heavy (non-hydrogen) atoms. The number of aliphatic imine (C=N–C) groups is 1. The molecule has 172 valence electrons. The summed E-state index contributed by atoms with van der Waals surface area (Å²) in [6, 6.07) is 13.9. The molecule has 3 aliphatic heterocycles. The van der Waals surface area contributed by atoms with Gasteiger partial charge >= 0.3 is 0 Å². The van der Waals surface area contributed by atoms with Crippen molar-refractivity contribution in [3.63, 3.8) is 0 Å². The van der Waals surface area contributed by atoms with E-state index in [9.17, 15) is 9.59 Å². The maximum Gasteiger partial charge on any atom is 0.268 e. The molecular formula is C26H25N5O2S. The number of aromatic nitrogens is 1. The van der Waals surface area contributed by atoms with Gasteiger partial charge in [0.05, 0.1) is 35.2 Å². The molecule has 0 radical (unpaired) electrons. The zero-order valence-electron chi connectivity index (χ0n) is 18.6. The summed E-state index contributed by atoms with van der Waals surface area (Å²) in [6.07, 6.45) is 8.32. The molecule has 7 nitrogen and oxygen atoms in total. The third-order valence-electron chi connectivity index (χ3n) is 6.92. The molecule has 0 aliphatic carbocycles. The summed E-state index contributed by atoms with van der Waals surface area (Å²) in [5.74, 6) is 0.0200. The molecule has 1 unspecified atom stereocenters. The van der Waals surface area contributed by atoms with Gasteiger partial charge in [-0.3, -0.25) is 14.6 Å². The number of fused-ring (bicyclic) bond motifs is 2. The van der Waals surface area contributed by atoms with Crippen molar-refractivity contribution in [2.24, 2.45) is 4.99 Å². The van der Waals surface area contributed by atoms with E-state index < -0.39 is 0 Å². The molecule has 8 heteroatoms. The van der Waals surface area contributed by atoms with Crippen molar-refractivity contribution in [2.45, 2.75) is 24.4 Å². The predicted octanol–water partition coefficient (Wildman–Crippen LogP) is 3.51. The Morgan fingerprint density at radius 1 is 1.18 bits per heavy atom. The van der Waals surface area contributed by atoms with Gasteiger partial charge in [-0.15, -0.1) is 11.3 Å². The van der Waals surface area contributed by atoms with Crippen LogP contribution < -0.4 is 5.32 Å². The molecule has 1 saturated heterocycles. The van der Waals surface area contributed by atoms with E-state index in [0.29, 0.717) is 25.3 Å². The monoisotopic (exact) mass is 471 g/mol. The molecule has 2 aromatic heterocycles. The lowest BCUT2D eigenvalue weighted by molar-refractivity contribution is -0.129. The number of hydrogen-bond acceptors (Lipinski definition) is 5. The highest BCUT2D eigenvalue weighted by Gasteiger charge is 2.37. The van der Waals surface area contributed by atoms with Crippen LogP contribution in [0.3, 0.4) is 0 Å². The summed E-state index contributed by atoms with van der Waals surface area (Å²) in [5.41, 5.74) is 3.46. The lowest BCUT2D eigenvalue weighted by atomic mass is 9.84. The van der Waals surface area contributed by atoms with Crippen LogP contribution in [-0.2, 0) is 4.79 Å². The molecule has 2 amide bonds. The summed E-state index contributed by atoms with van der Waals surface area (Å²) in [4.78, 5) is 38.2. The molecule has 5 heterocycles. The average molecular weight is 472 g/mol. The lowest BCUT2D eigenvalue weighted by Gasteiger charge is -2.40.